The molecule has 144 valence electrons. The van der Waals surface area contributed by atoms with E-state index in [2.05, 4.69) is 10.4 Å². The summed E-state index contributed by atoms with van der Waals surface area (Å²) in [5, 5.41) is 8.13. The summed E-state index contributed by atoms with van der Waals surface area (Å²) < 4.78 is 7.17. The van der Waals surface area contributed by atoms with Crippen molar-refractivity contribution >= 4 is 23.3 Å². The van der Waals surface area contributed by atoms with E-state index >= 15 is 0 Å². The number of halogens is 1. The van der Waals surface area contributed by atoms with Crippen LogP contribution in [0.5, 0.6) is 0 Å². The zero-order valence-electron chi connectivity index (χ0n) is 15.3. The second-order valence-corrected chi connectivity index (χ2v) is 7.20. The first-order chi connectivity index (χ1) is 13.6. The highest BCUT2D eigenvalue weighted by atomic mass is 35.5. The lowest BCUT2D eigenvalue weighted by molar-refractivity contribution is 0.0858. The zero-order chi connectivity index (χ0) is 19.5. The van der Waals surface area contributed by atoms with E-state index in [0.29, 0.717) is 22.9 Å². The van der Waals surface area contributed by atoms with Crippen molar-refractivity contribution in [3.63, 3.8) is 0 Å². The molecule has 1 fully saturated rings. The molecule has 4 rings (SSSR count). The van der Waals surface area contributed by atoms with Crippen molar-refractivity contribution in [2.75, 3.05) is 18.9 Å². The summed E-state index contributed by atoms with van der Waals surface area (Å²) in [5.41, 5.74) is 9.13. The monoisotopic (exact) mass is 396 g/mol. The molecule has 28 heavy (non-hydrogen) atoms. The number of carbonyl (C=O) groups excluding carboxylic acids is 1. The molecule has 0 unspecified atom stereocenters. The second kappa shape index (κ2) is 8.04. The van der Waals surface area contributed by atoms with Gasteiger partial charge in [0.05, 0.1) is 17.5 Å². The molecule has 7 heteroatoms. The van der Waals surface area contributed by atoms with Crippen molar-refractivity contribution in [3.05, 3.63) is 65.2 Å². The Bertz CT molecular complexity index is 978. The van der Waals surface area contributed by atoms with Crippen molar-refractivity contribution in [1.29, 1.82) is 0 Å². The van der Waals surface area contributed by atoms with E-state index in [1.54, 1.807) is 22.9 Å². The van der Waals surface area contributed by atoms with Gasteiger partial charge in [0.2, 0.25) is 0 Å². The molecule has 3 N–H and O–H groups in total. The quantitative estimate of drug-likeness (QED) is 0.689. The summed E-state index contributed by atoms with van der Waals surface area (Å²) in [6.07, 6.45) is 2.17. The van der Waals surface area contributed by atoms with E-state index in [4.69, 9.17) is 22.1 Å². The molecule has 0 aliphatic carbocycles. The van der Waals surface area contributed by atoms with Crippen LogP contribution in [0.2, 0.25) is 5.02 Å². The molecule has 1 aliphatic heterocycles. The number of ether oxygens (including phenoxy) is 1. The van der Waals surface area contributed by atoms with E-state index in [9.17, 15) is 4.79 Å². The fraction of sp³-hybridized carbons (Fsp3) is 0.238. The highest BCUT2D eigenvalue weighted by Gasteiger charge is 2.17. The molecule has 2 aromatic carbocycles. The van der Waals surface area contributed by atoms with Crippen molar-refractivity contribution in [2.45, 2.75) is 18.9 Å². The first-order valence-corrected chi connectivity index (χ1v) is 9.60. The standard InChI is InChI=1S/C21H21ClN4O2/c22-16-4-1-3-15(11-16)19-12-20(23)26(25-19)17-8-6-14(7-9-17)21(27)24-13-18-5-2-10-28-18/h1,3-4,6-9,11-12,18H,2,5,10,13,23H2,(H,24,27)/t18-/m0/s1. The number of benzene rings is 2. The van der Waals surface area contributed by atoms with Crippen LogP contribution in [0.3, 0.4) is 0 Å². The van der Waals surface area contributed by atoms with Crippen molar-refractivity contribution in [1.82, 2.24) is 15.1 Å². The van der Waals surface area contributed by atoms with Gasteiger partial charge in [-0.1, -0.05) is 23.7 Å². The fourth-order valence-electron chi connectivity index (χ4n) is 3.26. The van der Waals surface area contributed by atoms with Crippen LogP contribution in [-0.4, -0.2) is 34.9 Å². The third-order valence-electron chi connectivity index (χ3n) is 4.75. The number of hydrogen-bond acceptors (Lipinski definition) is 4. The van der Waals surface area contributed by atoms with E-state index < -0.39 is 0 Å². The molecule has 0 radical (unpaired) electrons. The minimum Gasteiger partial charge on any atom is -0.384 e. The van der Waals surface area contributed by atoms with Gasteiger partial charge in [-0.2, -0.15) is 5.10 Å². The lowest BCUT2D eigenvalue weighted by Gasteiger charge is -2.11. The van der Waals surface area contributed by atoms with Crippen LogP contribution in [0.4, 0.5) is 5.82 Å². The number of anilines is 1. The number of rotatable bonds is 5. The Morgan fingerprint density at radius 1 is 1.25 bits per heavy atom. The molecule has 0 spiro atoms. The summed E-state index contributed by atoms with van der Waals surface area (Å²) in [7, 11) is 0. The fourth-order valence-corrected chi connectivity index (χ4v) is 3.45. The Labute approximate surface area is 168 Å². The molecule has 2 heterocycles. The lowest BCUT2D eigenvalue weighted by Crippen LogP contribution is -2.31. The van der Waals surface area contributed by atoms with E-state index in [1.165, 1.54) is 0 Å². The molecule has 6 nitrogen and oxygen atoms in total. The molecule has 3 aromatic rings. The number of hydrogen-bond donors (Lipinski definition) is 2. The van der Waals surface area contributed by atoms with E-state index in [-0.39, 0.29) is 12.0 Å². The highest BCUT2D eigenvalue weighted by molar-refractivity contribution is 6.30. The minimum atomic E-state index is -0.116. The maximum absolute atomic E-state index is 12.3. The predicted octanol–water partition coefficient (Wildman–Crippen LogP) is 3.68. The van der Waals surface area contributed by atoms with Crippen LogP contribution in [0.25, 0.3) is 16.9 Å². The van der Waals surface area contributed by atoms with Crippen molar-refractivity contribution < 1.29 is 9.53 Å². The van der Waals surface area contributed by atoms with Gasteiger partial charge in [0.1, 0.15) is 5.82 Å². The highest BCUT2D eigenvalue weighted by Crippen LogP contribution is 2.25. The van der Waals surface area contributed by atoms with Gasteiger partial charge >= 0.3 is 0 Å². The Kier molecular flexibility index (Phi) is 5.32. The maximum atomic E-state index is 12.3. The number of carbonyl (C=O) groups is 1. The Balaban J connectivity index is 1.48. The first-order valence-electron chi connectivity index (χ1n) is 9.22. The summed E-state index contributed by atoms with van der Waals surface area (Å²) in [4.78, 5) is 12.3. The lowest BCUT2D eigenvalue weighted by atomic mass is 10.1. The number of nitrogens with one attached hydrogen (secondary N) is 1. The van der Waals surface area contributed by atoms with E-state index in [0.717, 1.165) is 36.4 Å². The topological polar surface area (TPSA) is 82.2 Å². The van der Waals surface area contributed by atoms with Crippen LogP contribution in [0.15, 0.2) is 54.6 Å². The molecule has 0 saturated carbocycles. The average molecular weight is 397 g/mol. The number of nitrogens with zero attached hydrogens (tertiary/aromatic N) is 2. The van der Waals surface area contributed by atoms with Crippen LogP contribution < -0.4 is 11.1 Å². The largest absolute Gasteiger partial charge is 0.384 e. The Morgan fingerprint density at radius 3 is 2.79 bits per heavy atom. The van der Waals surface area contributed by atoms with Crippen molar-refractivity contribution in [3.8, 4) is 16.9 Å². The van der Waals surface area contributed by atoms with Gasteiger partial charge in [0, 0.05) is 35.4 Å². The number of aromatic nitrogens is 2. The number of amides is 1. The first kappa shape index (κ1) is 18.5. The third kappa shape index (κ3) is 4.03. The van der Waals surface area contributed by atoms with Crippen LogP contribution >= 0.6 is 11.6 Å². The molecular formula is C21H21ClN4O2. The summed E-state index contributed by atoms with van der Waals surface area (Å²) >= 11 is 6.06. The number of nitrogens with two attached hydrogens (primary N) is 1. The third-order valence-corrected chi connectivity index (χ3v) is 4.98. The molecular weight excluding hydrogens is 376 g/mol. The van der Waals surface area contributed by atoms with Gasteiger partial charge < -0.3 is 15.8 Å². The molecule has 1 atom stereocenters. The van der Waals surface area contributed by atoms with Gasteiger partial charge in [-0.05, 0) is 49.2 Å². The smallest absolute Gasteiger partial charge is 0.251 e. The second-order valence-electron chi connectivity index (χ2n) is 6.77. The van der Waals surface area contributed by atoms with Gasteiger partial charge in [-0.15, -0.1) is 0 Å². The SMILES string of the molecule is Nc1cc(-c2cccc(Cl)c2)nn1-c1ccc(C(=O)NC[C@@H]2CCCO2)cc1. The molecule has 1 amide bonds. The minimum absolute atomic E-state index is 0.116. The normalized spacial score (nSPS) is 16.2. The van der Waals surface area contributed by atoms with Crippen LogP contribution in [0.1, 0.15) is 23.2 Å². The van der Waals surface area contributed by atoms with Crippen molar-refractivity contribution in [2.24, 2.45) is 0 Å². The molecule has 1 aliphatic rings. The summed E-state index contributed by atoms with van der Waals surface area (Å²) in [5.74, 6) is 0.390. The zero-order valence-corrected chi connectivity index (χ0v) is 16.0. The molecule has 1 saturated heterocycles. The number of nitrogen functional groups attached to an aromatic ring is 1. The summed E-state index contributed by atoms with van der Waals surface area (Å²) in [6, 6.07) is 16.4. The Hall–Kier alpha value is -2.83. The predicted molar refractivity (Wildman–Crippen MR) is 110 cm³/mol. The average Bonchev–Trinajstić information content (AvgIpc) is 3.36. The molecule has 1 aromatic heterocycles. The van der Waals surface area contributed by atoms with Gasteiger partial charge in [-0.3, -0.25) is 4.79 Å². The maximum Gasteiger partial charge on any atom is 0.251 e. The summed E-state index contributed by atoms with van der Waals surface area (Å²) in [6.45, 7) is 1.31. The van der Waals surface area contributed by atoms with E-state index in [1.807, 2.05) is 36.4 Å². The van der Waals surface area contributed by atoms with Crippen LogP contribution in [0, 0.1) is 0 Å². The van der Waals surface area contributed by atoms with Gasteiger partial charge in [0.25, 0.3) is 5.91 Å². The van der Waals surface area contributed by atoms with Gasteiger partial charge in [-0.25, -0.2) is 4.68 Å². The van der Waals surface area contributed by atoms with Crippen LogP contribution in [-0.2, 0) is 4.74 Å². The van der Waals surface area contributed by atoms with Gasteiger partial charge in [0.15, 0.2) is 0 Å². The Morgan fingerprint density at radius 2 is 2.07 bits per heavy atom. The molecule has 0 bridgehead atoms.